The Morgan fingerprint density at radius 2 is 1.71 bits per heavy atom. The minimum atomic E-state index is -3.17. The predicted molar refractivity (Wildman–Crippen MR) is 121 cm³/mol. The lowest BCUT2D eigenvalue weighted by Crippen LogP contribution is -2.35. The average molecular weight is 485 g/mol. The summed E-state index contributed by atoms with van der Waals surface area (Å²) in [6.45, 7) is 0. The normalized spacial score (nSPS) is 17.2. The van der Waals surface area contributed by atoms with Crippen molar-refractivity contribution >= 4 is 26.6 Å². The second-order valence-electron chi connectivity index (χ2n) is 8.14. The number of hydrogen-bond donors (Lipinski definition) is 1. The Hall–Kier alpha value is -3.66. The van der Waals surface area contributed by atoms with Crippen LogP contribution < -0.4 is 5.32 Å². The van der Waals surface area contributed by atoms with E-state index in [2.05, 4.69) is 10.4 Å². The summed E-state index contributed by atoms with van der Waals surface area (Å²) in [7, 11) is -3.17. The van der Waals surface area contributed by atoms with E-state index in [0.29, 0.717) is 23.0 Å². The maximum absolute atomic E-state index is 14.6. The summed E-state index contributed by atoms with van der Waals surface area (Å²) < 4.78 is 67.4. The van der Waals surface area contributed by atoms with Crippen molar-refractivity contribution in [1.29, 1.82) is 0 Å². The molecule has 1 aliphatic heterocycles. The third kappa shape index (κ3) is 4.05. The number of amides is 1. The van der Waals surface area contributed by atoms with E-state index in [9.17, 15) is 26.4 Å². The van der Waals surface area contributed by atoms with Gasteiger partial charge in [0.2, 0.25) is 0 Å². The maximum atomic E-state index is 14.6. The molecule has 2 heterocycles. The quantitative estimate of drug-likeness (QED) is 0.473. The highest BCUT2D eigenvalue weighted by Crippen LogP contribution is 2.33. The summed E-state index contributed by atoms with van der Waals surface area (Å²) in [5.74, 6) is -2.64. The van der Waals surface area contributed by atoms with Gasteiger partial charge in [0, 0.05) is 17.0 Å². The van der Waals surface area contributed by atoms with Gasteiger partial charge >= 0.3 is 0 Å². The van der Waals surface area contributed by atoms with Gasteiger partial charge in [0.05, 0.1) is 28.3 Å². The van der Waals surface area contributed by atoms with E-state index >= 15 is 0 Å². The molecule has 5 rings (SSSR count). The van der Waals surface area contributed by atoms with Crippen LogP contribution in [0.25, 0.3) is 27.8 Å². The van der Waals surface area contributed by atoms with Crippen LogP contribution in [0.3, 0.4) is 0 Å². The molecule has 1 saturated heterocycles. The van der Waals surface area contributed by atoms with E-state index in [-0.39, 0.29) is 28.3 Å². The molecule has 174 valence electrons. The maximum Gasteiger partial charge on any atom is 0.251 e. The predicted octanol–water partition coefficient (Wildman–Crippen LogP) is 4.03. The molecule has 1 amide bonds. The van der Waals surface area contributed by atoms with Gasteiger partial charge in [-0.3, -0.25) is 4.79 Å². The fourth-order valence-corrected chi connectivity index (χ4v) is 5.79. The molecule has 0 unspecified atom stereocenters. The third-order valence-corrected chi connectivity index (χ3v) is 7.55. The van der Waals surface area contributed by atoms with Crippen LogP contribution in [-0.2, 0) is 9.84 Å². The van der Waals surface area contributed by atoms with Crippen molar-refractivity contribution in [3.8, 4) is 16.9 Å². The van der Waals surface area contributed by atoms with Crippen molar-refractivity contribution in [3.63, 3.8) is 0 Å². The highest BCUT2D eigenvalue weighted by molar-refractivity contribution is 7.91. The first-order valence-electron chi connectivity index (χ1n) is 10.5. The Labute approximate surface area is 192 Å². The number of halogens is 3. The fraction of sp³-hybridized carbons (Fsp3) is 0.167. The van der Waals surface area contributed by atoms with Crippen LogP contribution in [0.15, 0.2) is 60.7 Å². The molecule has 1 aromatic heterocycles. The number of benzene rings is 3. The number of carbonyl (C=O) groups excluding carboxylic acids is 1. The minimum Gasteiger partial charge on any atom is -0.348 e. The van der Waals surface area contributed by atoms with Crippen LogP contribution >= 0.6 is 0 Å². The summed E-state index contributed by atoms with van der Waals surface area (Å²) >= 11 is 0. The van der Waals surface area contributed by atoms with E-state index in [1.54, 1.807) is 0 Å². The monoisotopic (exact) mass is 485 g/mol. The molecule has 34 heavy (non-hydrogen) atoms. The number of aromatic nitrogens is 2. The summed E-state index contributed by atoms with van der Waals surface area (Å²) in [6.07, 6.45) is 0.334. The highest BCUT2D eigenvalue weighted by Gasteiger charge is 2.29. The minimum absolute atomic E-state index is 0.0197. The Morgan fingerprint density at radius 3 is 2.35 bits per heavy atom. The van der Waals surface area contributed by atoms with E-state index in [1.807, 2.05) is 0 Å². The van der Waals surface area contributed by atoms with E-state index in [0.717, 1.165) is 12.1 Å². The Morgan fingerprint density at radius 1 is 1.00 bits per heavy atom. The number of nitrogens with one attached hydrogen (secondary N) is 1. The van der Waals surface area contributed by atoms with Gasteiger partial charge in [0.25, 0.3) is 5.91 Å². The van der Waals surface area contributed by atoms with Gasteiger partial charge in [0.1, 0.15) is 23.1 Å². The molecule has 1 aliphatic rings. The standard InChI is InChI=1S/C24H18F3N3O3S/c25-15-5-7-17(8-6-15)30-21-12-14(24(31)28-16-10-11-34(32,33)13-16)4-9-18(21)23(29-30)22-19(26)2-1-3-20(22)27/h1-9,12,16H,10-11,13H2,(H,28,31)/t16-/m1/s1. The Bertz CT molecular complexity index is 1510. The van der Waals surface area contributed by atoms with Crippen molar-refractivity contribution in [3.05, 3.63) is 83.7 Å². The summed E-state index contributed by atoms with van der Waals surface area (Å²) in [5, 5.41) is 7.51. The molecule has 1 fully saturated rings. The van der Waals surface area contributed by atoms with Crippen molar-refractivity contribution in [1.82, 2.24) is 15.1 Å². The lowest BCUT2D eigenvalue weighted by atomic mass is 10.0. The molecular formula is C24H18F3N3O3S. The first kappa shape index (κ1) is 22.1. The van der Waals surface area contributed by atoms with Crippen LogP contribution in [0.5, 0.6) is 0 Å². The second kappa shape index (κ2) is 8.28. The molecule has 1 atom stereocenters. The molecule has 0 saturated carbocycles. The zero-order chi connectivity index (χ0) is 24.0. The molecule has 3 aromatic carbocycles. The van der Waals surface area contributed by atoms with Crippen LogP contribution in [-0.4, -0.2) is 41.7 Å². The van der Waals surface area contributed by atoms with Gasteiger partial charge in [-0.05, 0) is 61.0 Å². The molecule has 0 bridgehead atoms. The van der Waals surface area contributed by atoms with Gasteiger partial charge in [-0.15, -0.1) is 0 Å². The smallest absolute Gasteiger partial charge is 0.251 e. The van der Waals surface area contributed by atoms with Crippen LogP contribution in [0, 0.1) is 17.5 Å². The van der Waals surface area contributed by atoms with Crippen molar-refractivity contribution in [2.24, 2.45) is 0 Å². The zero-order valence-electron chi connectivity index (χ0n) is 17.6. The molecule has 0 spiro atoms. The van der Waals surface area contributed by atoms with Crippen molar-refractivity contribution in [2.75, 3.05) is 11.5 Å². The first-order valence-corrected chi connectivity index (χ1v) is 12.3. The van der Waals surface area contributed by atoms with E-state index in [1.165, 1.54) is 53.2 Å². The number of hydrogen-bond acceptors (Lipinski definition) is 4. The van der Waals surface area contributed by atoms with Gasteiger partial charge in [-0.1, -0.05) is 6.07 Å². The zero-order valence-corrected chi connectivity index (χ0v) is 18.4. The molecule has 0 radical (unpaired) electrons. The van der Waals surface area contributed by atoms with Gasteiger partial charge in [-0.2, -0.15) is 5.10 Å². The molecule has 0 aliphatic carbocycles. The molecule has 1 N–H and O–H groups in total. The van der Waals surface area contributed by atoms with Crippen LogP contribution in [0.2, 0.25) is 0 Å². The average Bonchev–Trinajstić information content (AvgIpc) is 3.33. The molecule has 6 nitrogen and oxygen atoms in total. The number of nitrogens with zero attached hydrogens (tertiary/aromatic N) is 2. The largest absolute Gasteiger partial charge is 0.348 e. The highest BCUT2D eigenvalue weighted by atomic mass is 32.2. The molecule has 4 aromatic rings. The Kier molecular flexibility index (Phi) is 5.40. The van der Waals surface area contributed by atoms with Crippen molar-refractivity contribution in [2.45, 2.75) is 12.5 Å². The number of fused-ring (bicyclic) bond motifs is 1. The lowest BCUT2D eigenvalue weighted by Gasteiger charge is -2.11. The molecular weight excluding hydrogens is 467 g/mol. The topological polar surface area (TPSA) is 81.1 Å². The first-order chi connectivity index (χ1) is 16.2. The number of carbonyl (C=O) groups is 1. The van der Waals surface area contributed by atoms with Gasteiger partial charge in [-0.25, -0.2) is 26.3 Å². The SMILES string of the molecule is O=C(N[C@@H]1CCS(=O)(=O)C1)c1ccc2c(-c3c(F)cccc3F)nn(-c3ccc(F)cc3)c2c1. The van der Waals surface area contributed by atoms with Gasteiger partial charge in [0.15, 0.2) is 9.84 Å². The molecule has 10 heteroatoms. The number of sulfone groups is 1. The van der Waals surface area contributed by atoms with Crippen LogP contribution in [0.1, 0.15) is 16.8 Å². The fourth-order valence-electron chi connectivity index (χ4n) is 4.12. The summed E-state index contributed by atoms with van der Waals surface area (Å²) in [5.41, 5.74) is 0.732. The van der Waals surface area contributed by atoms with E-state index < -0.39 is 39.2 Å². The second-order valence-corrected chi connectivity index (χ2v) is 10.4. The number of rotatable bonds is 4. The van der Waals surface area contributed by atoms with Gasteiger partial charge < -0.3 is 5.32 Å². The van der Waals surface area contributed by atoms with Crippen molar-refractivity contribution < 1.29 is 26.4 Å². The van der Waals surface area contributed by atoms with E-state index in [4.69, 9.17) is 0 Å². The third-order valence-electron chi connectivity index (χ3n) is 5.78. The lowest BCUT2D eigenvalue weighted by molar-refractivity contribution is 0.0941. The van der Waals surface area contributed by atoms with Crippen LogP contribution in [0.4, 0.5) is 13.2 Å². The Balaban J connectivity index is 1.63. The summed E-state index contributed by atoms with van der Waals surface area (Å²) in [6, 6.07) is 12.9. The summed E-state index contributed by atoms with van der Waals surface area (Å²) in [4.78, 5) is 12.8.